The Morgan fingerprint density at radius 2 is 1.82 bits per heavy atom. The highest BCUT2D eigenvalue weighted by Gasteiger charge is 2.24. The van der Waals surface area contributed by atoms with E-state index in [1.54, 1.807) is 41.0 Å². The van der Waals surface area contributed by atoms with Gasteiger partial charge in [-0.1, -0.05) is 12.1 Å². The summed E-state index contributed by atoms with van der Waals surface area (Å²) in [6, 6.07) is 6.27. The third-order valence-electron chi connectivity index (χ3n) is 4.99. The van der Waals surface area contributed by atoms with Crippen LogP contribution in [-0.4, -0.2) is 28.9 Å². The number of imidazole rings is 2. The average molecular weight is 383 g/mol. The molecule has 0 spiro atoms. The van der Waals surface area contributed by atoms with E-state index in [-0.39, 0.29) is 23.5 Å². The van der Waals surface area contributed by atoms with Crippen molar-refractivity contribution in [3.8, 4) is 5.69 Å². The number of benzene rings is 1. The second kappa shape index (κ2) is 6.01. The van der Waals surface area contributed by atoms with Gasteiger partial charge in [-0.2, -0.15) is 4.98 Å². The lowest BCUT2D eigenvalue weighted by Crippen LogP contribution is -2.40. The Labute approximate surface area is 158 Å². The number of hydrogen-bond donors (Lipinski definition) is 0. The lowest BCUT2D eigenvalue weighted by atomic mass is 10.3. The topological polar surface area (TPSA) is 83.3 Å². The number of carbonyl (C=O) groups excluding carboxylic acids is 1. The first-order chi connectivity index (χ1) is 13.2. The maximum atomic E-state index is 14.5. The molecule has 0 unspecified atom stereocenters. The zero-order valence-electron chi connectivity index (χ0n) is 15.9. The highest BCUT2D eigenvalue weighted by atomic mass is 19.1. The van der Waals surface area contributed by atoms with E-state index < -0.39 is 17.1 Å². The Morgan fingerprint density at radius 1 is 1.14 bits per heavy atom. The molecule has 0 fully saturated rings. The van der Waals surface area contributed by atoms with Crippen molar-refractivity contribution in [2.45, 2.75) is 27.3 Å². The van der Waals surface area contributed by atoms with Crippen LogP contribution in [0.25, 0.3) is 22.6 Å². The molecule has 0 aliphatic heterocycles. The zero-order chi connectivity index (χ0) is 20.3. The molecule has 4 aromatic rings. The van der Waals surface area contributed by atoms with Gasteiger partial charge in [-0.3, -0.25) is 27.7 Å². The molecule has 0 N–H and O–H groups in total. The number of aryl methyl sites for hydroxylation is 2. The number of ketones is 1. The fourth-order valence-electron chi connectivity index (χ4n) is 3.53. The van der Waals surface area contributed by atoms with Crippen LogP contribution >= 0.6 is 0 Å². The third-order valence-corrected chi connectivity index (χ3v) is 4.99. The van der Waals surface area contributed by atoms with Crippen LogP contribution < -0.4 is 11.2 Å². The Bertz CT molecular complexity index is 1400. The summed E-state index contributed by atoms with van der Waals surface area (Å²) in [6.45, 7) is 4.59. The lowest BCUT2D eigenvalue weighted by Gasteiger charge is -2.08. The SMILES string of the molecule is CC(=O)Cn1c(=O)c2c(nc3n(-c4ccccc4F)c(C)c(C)n23)n(C)c1=O. The van der Waals surface area contributed by atoms with Gasteiger partial charge in [-0.15, -0.1) is 0 Å². The number of rotatable bonds is 3. The molecule has 0 aliphatic carbocycles. The number of carbonyl (C=O) groups is 1. The van der Waals surface area contributed by atoms with Crippen LogP contribution in [0.5, 0.6) is 0 Å². The molecule has 144 valence electrons. The van der Waals surface area contributed by atoms with Gasteiger partial charge in [0.25, 0.3) is 5.56 Å². The van der Waals surface area contributed by atoms with Gasteiger partial charge in [0.05, 0.1) is 12.2 Å². The van der Waals surface area contributed by atoms with Gasteiger partial charge in [0, 0.05) is 18.4 Å². The first kappa shape index (κ1) is 17.9. The van der Waals surface area contributed by atoms with Crippen molar-refractivity contribution in [1.82, 2.24) is 23.1 Å². The van der Waals surface area contributed by atoms with Crippen molar-refractivity contribution in [1.29, 1.82) is 0 Å². The van der Waals surface area contributed by atoms with E-state index in [1.807, 2.05) is 0 Å². The fraction of sp³-hybridized carbons (Fsp3) is 0.263. The summed E-state index contributed by atoms with van der Waals surface area (Å²) < 4.78 is 19.8. The fourth-order valence-corrected chi connectivity index (χ4v) is 3.53. The first-order valence-corrected chi connectivity index (χ1v) is 8.68. The van der Waals surface area contributed by atoms with E-state index in [2.05, 4.69) is 4.98 Å². The Hall–Kier alpha value is -3.49. The molecule has 4 rings (SSSR count). The van der Waals surface area contributed by atoms with E-state index in [9.17, 15) is 18.8 Å². The summed E-state index contributed by atoms with van der Waals surface area (Å²) in [4.78, 5) is 41.6. The minimum absolute atomic E-state index is 0.175. The second-order valence-corrected chi connectivity index (χ2v) is 6.81. The van der Waals surface area contributed by atoms with Crippen molar-refractivity contribution in [3.05, 3.63) is 62.3 Å². The molecule has 0 saturated heterocycles. The molecule has 0 bridgehead atoms. The predicted molar refractivity (Wildman–Crippen MR) is 102 cm³/mol. The Morgan fingerprint density at radius 3 is 2.46 bits per heavy atom. The van der Waals surface area contributed by atoms with Crippen LogP contribution in [0.1, 0.15) is 18.3 Å². The molecule has 9 heteroatoms. The molecule has 8 nitrogen and oxygen atoms in total. The van der Waals surface area contributed by atoms with Crippen molar-refractivity contribution in [3.63, 3.8) is 0 Å². The molecule has 0 amide bonds. The number of hydrogen-bond acceptors (Lipinski definition) is 4. The summed E-state index contributed by atoms with van der Waals surface area (Å²) in [7, 11) is 1.49. The maximum absolute atomic E-state index is 14.5. The van der Waals surface area contributed by atoms with Crippen LogP contribution in [0.15, 0.2) is 33.9 Å². The van der Waals surface area contributed by atoms with Crippen LogP contribution in [0.2, 0.25) is 0 Å². The number of fused-ring (bicyclic) bond motifs is 3. The van der Waals surface area contributed by atoms with Gasteiger partial charge in [0.2, 0.25) is 5.78 Å². The second-order valence-electron chi connectivity index (χ2n) is 6.81. The van der Waals surface area contributed by atoms with E-state index in [4.69, 9.17) is 0 Å². The highest BCUT2D eigenvalue weighted by Crippen LogP contribution is 2.25. The Balaban J connectivity index is 2.22. The number of aromatic nitrogens is 5. The predicted octanol–water partition coefficient (Wildman–Crippen LogP) is 1.48. The smallest absolute Gasteiger partial charge is 0.298 e. The van der Waals surface area contributed by atoms with Gasteiger partial charge in [-0.25, -0.2) is 9.18 Å². The third kappa shape index (κ3) is 2.29. The maximum Gasteiger partial charge on any atom is 0.332 e. The molecule has 1 aromatic carbocycles. The minimum atomic E-state index is -0.625. The largest absolute Gasteiger partial charge is 0.332 e. The molecule has 3 heterocycles. The monoisotopic (exact) mass is 383 g/mol. The number of halogens is 1. The van der Waals surface area contributed by atoms with Crippen molar-refractivity contribution in [2.75, 3.05) is 0 Å². The van der Waals surface area contributed by atoms with Crippen molar-refractivity contribution in [2.24, 2.45) is 7.05 Å². The molecular weight excluding hydrogens is 365 g/mol. The quantitative estimate of drug-likeness (QED) is 0.537. The van der Waals surface area contributed by atoms with Gasteiger partial charge in [0.15, 0.2) is 11.2 Å². The van der Waals surface area contributed by atoms with E-state index in [1.165, 1.54) is 24.6 Å². The van der Waals surface area contributed by atoms with E-state index >= 15 is 0 Å². The van der Waals surface area contributed by atoms with Crippen LogP contribution in [0, 0.1) is 19.7 Å². The molecule has 0 saturated carbocycles. The van der Waals surface area contributed by atoms with Crippen LogP contribution in [-0.2, 0) is 18.4 Å². The summed E-state index contributed by atoms with van der Waals surface area (Å²) >= 11 is 0. The number of para-hydroxylation sites is 1. The zero-order valence-corrected chi connectivity index (χ0v) is 15.9. The molecule has 0 aliphatic rings. The van der Waals surface area contributed by atoms with Crippen LogP contribution in [0.3, 0.4) is 0 Å². The van der Waals surface area contributed by atoms with E-state index in [0.717, 1.165) is 4.57 Å². The molecule has 0 atom stereocenters. The van der Waals surface area contributed by atoms with Gasteiger partial charge >= 0.3 is 5.69 Å². The lowest BCUT2D eigenvalue weighted by molar-refractivity contribution is -0.117. The summed E-state index contributed by atoms with van der Waals surface area (Å²) in [5.41, 5.74) is 0.816. The molecule has 28 heavy (non-hydrogen) atoms. The van der Waals surface area contributed by atoms with Gasteiger partial charge < -0.3 is 0 Å². The van der Waals surface area contributed by atoms with Crippen LogP contribution in [0.4, 0.5) is 4.39 Å². The number of Topliss-reactive ketones (excluding diaryl/α,β-unsaturated/α-hetero) is 1. The van der Waals surface area contributed by atoms with Gasteiger partial charge in [-0.05, 0) is 32.9 Å². The normalized spacial score (nSPS) is 11.6. The molecule has 0 radical (unpaired) electrons. The number of nitrogens with zero attached hydrogens (tertiary/aromatic N) is 5. The highest BCUT2D eigenvalue weighted by molar-refractivity contribution is 5.79. The summed E-state index contributed by atoms with van der Waals surface area (Å²) in [6.07, 6.45) is 0. The molecular formula is C19H18FN5O3. The first-order valence-electron chi connectivity index (χ1n) is 8.68. The van der Waals surface area contributed by atoms with Crippen molar-refractivity contribution < 1.29 is 9.18 Å². The molecule has 3 aromatic heterocycles. The van der Waals surface area contributed by atoms with Gasteiger partial charge in [0.1, 0.15) is 11.6 Å². The summed E-state index contributed by atoms with van der Waals surface area (Å²) in [5.74, 6) is -0.419. The average Bonchev–Trinajstić information content (AvgIpc) is 3.14. The van der Waals surface area contributed by atoms with Crippen molar-refractivity contribution >= 4 is 22.7 Å². The van der Waals surface area contributed by atoms with E-state index in [0.29, 0.717) is 22.9 Å². The summed E-state index contributed by atoms with van der Waals surface area (Å²) in [5, 5.41) is 0. The standard InChI is InChI=1S/C19H18FN5O3/c1-10(26)9-23-17(27)15-16(22(4)19(23)28)21-18-24(11(2)12(3)25(15)18)14-8-6-5-7-13(14)20/h5-8H,9H2,1-4H3. The minimum Gasteiger partial charge on any atom is -0.298 e. The Kier molecular flexibility index (Phi) is 3.84.